The molecule has 0 fully saturated rings. The van der Waals surface area contributed by atoms with Gasteiger partial charge in [0.1, 0.15) is 11.6 Å². The molecule has 0 atom stereocenters. The lowest BCUT2D eigenvalue weighted by Crippen LogP contribution is -2.15. The van der Waals surface area contributed by atoms with Gasteiger partial charge in [-0.2, -0.15) is 5.26 Å². The van der Waals surface area contributed by atoms with E-state index in [2.05, 4.69) is 10.6 Å². The first-order valence-corrected chi connectivity index (χ1v) is 7.33. The number of aryl methyl sites for hydroxylation is 3. The van der Waals surface area contributed by atoms with Crippen LogP contribution in [0.3, 0.4) is 0 Å². The molecule has 0 saturated carbocycles. The maximum Gasteiger partial charge on any atom is 0.267 e. The third kappa shape index (κ3) is 3.98. The van der Waals surface area contributed by atoms with Crippen LogP contribution in [0.1, 0.15) is 16.7 Å². The number of carbonyl (C=O) groups excluding carboxylic acids is 1. The quantitative estimate of drug-likeness (QED) is 0.661. The SMILES string of the molecule is Cc1ccccc1NC(=O)/C(C#N)=C\Nc1c(C)cccc1C. The second kappa shape index (κ2) is 7.28. The molecule has 2 aromatic carbocycles. The van der Waals surface area contributed by atoms with E-state index in [-0.39, 0.29) is 5.57 Å². The lowest BCUT2D eigenvalue weighted by Gasteiger charge is -2.10. The van der Waals surface area contributed by atoms with Crippen LogP contribution in [0.25, 0.3) is 0 Å². The van der Waals surface area contributed by atoms with Crippen molar-refractivity contribution < 1.29 is 4.79 Å². The maximum absolute atomic E-state index is 12.2. The predicted molar refractivity (Wildman–Crippen MR) is 93.0 cm³/mol. The van der Waals surface area contributed by atoms with E-state index in [1.165, 1.54) is 6.20 Å². The molecule has 2 N–H and O–H groups in total. The number of hydrogen-bond acceptors (Lipinski definition) is 3. The second-order valence-corrected chi connectivity index (χ2v) is 5.35. The van der Waals surface area contributed by atoms with Crippen molar-refractivity contribution in [3.8, 4) is 6.07 Å². The summed E-state index contributed by atoms with van der Waals surface area (Å²) in [6.45, 7) is 5.85. The van der Waals surface area contributed by atoms with Crippen LogP contribution in [0.2, 0.25) is 0 Å². The normalized spacial score (nSPS) is 10.8. The molecule has 116 valence electrons. The summed E-state index contributed by atoms with van der Waals surface area (Å²) >= 11 is 0. The monoisotopic (exact) mass is 305 g/mol. The fourth-order valence-electron chi connectivity index (χ4n) is 2.24. The van der Waals surface area contributed by atoms with Crippen molar-refractivity contribution >= 4 is 17.3 Å². The van der Waals surface area contributed by atoms with E-state index in [1.54, 1.807) is 6.07 Å². The number of nitrogens with one attached hydrogen (secondary N) is 2. The fourth-order valence-corrected chi connectivity index (χ4v) is 2.24. The Hall–Kier alpha value is -3.06. The van der Waals surface area contributed by atoms with Crippen LogP contribution < -0.4 is 10.6 Å². The summed E-state index contributed by atoms with van der Waals surface area (Å²) in [5.74, 6) is -0.430. The highest BCUT2D eigenvalue weighted by atomic mass is 16.1. The van der Waals surface area contributed by atoms with Gasteiger partial charge in [-0.15, -0.1) is 0 Å². The highest BCUT2D eigenvalue weighted by Gasteiger charge is 2.11. The number of amides is 1. The molecule has 0 bridgehead atoms. The van der Waals surface area contributed by atoms with Crippen LogP contribution in [-0.4, -0.2) is 5.91 Å². The molecule has 0 saturated heterocycles. The summed E-state index contributed by atoms with van der Waals surface area (Å²) in [4.78, 5) is 12.2. The van der Waals surface area contributed by atoms with Gasteiger partial charge in [0.25, 0.3) is 5.91 Å². The molecule has 0 aliphatic heterocycles. The standard InChI is InChI=1S/C19H19N3O/c1-13-7-4-5-10-17(13)22-19(23)16(11-20)12-21-18-14(2)8-6-9-15(18)3/h4-10,12,21H,1-3H3,(H,22,23)/b16-12-. The fraction of sp³-hybridized carbons (Fsp3) is 0.158. The van der Waals surface area contributed by atoms with E-state index in [9.17, 15) is 10.1 Å². The molecular formula is C19H19N3O. The Balaban J connectivity index is 2.18. The van der Waals surface area contributed by atoms with Gasteiger partial charge in [0.05, 0.1) is 0 Å². The first-order valence-electron chi connectivity index (χ1n) is 7.33. The van der Waals surface area contributed by atoms with Crippen LogP contribution in [-0.2, 0) is 4.79 Å². The van der Waals surface area contributed by atoms with Gasteiger partial charge in [-0.3, -0.25) is 4.79 Å². The molecule has 0 unspecified atom stereocenters. The highest BCUT2D eigenvalue weighted by molar-refractivity contribution is 6.07. The lowest BCUT2D eigenvalue weighted by atomic mass is 10.1. The Bertz CT molecular complexity index is 780. The maximum atomic E-state index is 12.2. The summed E-state index contributed by atoms with van der Waals surface area (Å²) in [6.07, 6.45) is 1.45. The molecule has 23 heavy (non-hydrogen) atoms. The number of rotatable bonds is 4. The zero-order valence-electron chi connectivity index (χ0n) is 13.5. The number of nitrogens with zero attached hydrogens (tertiary/aromatic N) is 1. The average molecular weight is 305 g/mol. The molecule has 0 aromatic heterocycles. The van der Waals surface area contributed by atoms with E-state index in [4.69, 9.17) is 0 Å². The van der Waals surface area contributed by atoms with Gasteiger partial charge in [0.2, 0.25) is 0 Å². The van der Waals surface area contributed by atoms with E-state index in [0.717, 1.165) is 22.4 Å². The third-order valence-electron chi connectivity index (χ3n) is 3.60. The summed E-state index contributed by atoms with van der Waals surface area (Å²) in [7, 11) is 0. The van der Waals surface area contributed by atoms with Gasteiger partial charge in [-0.05, 0) is 43.5 Å². The first kappa shape index (κ1) is 16.3. The van der Waals surface area contributed by atoms with Gasteiger partial charge < -0.3 is 10.6 Å². The number of anilines is 2. The molecule has 0 aliphatic rings. The van der Waals surface area contributed by atoms with E-state index < -0.39 is 5.91 Å². The molecule has 2 aromatic rings. The van der Waals surface area contributed by atoms with Gasteiger partial charge in [-0.25, -0.2) is 0 Å². The smallest absolute Gasteiger partial charge is 0.267 e. The van der Waals surface area contributed by atoms with Crippen molar-refractivity contribution in [3.63, 3.8) is 0 Å². The number of carbonyl (C=O) groups is 1. The number of benzene rings is 2. The third-order valence-corrected chi connectivity index (χ3v) is 3.60. The molecule has 0 radical (unpaired) electrons. The minimum absolute atomic E-state index is 0.0240. The summed E-state index contributed by atoms with van der Waals surface area (Å²) in [5, 5.41) is 15.1. The summed E-state index contributed by atoms with van der Waals surface area (Å²) < 4.78 is 0. The molecule has 4 nitrogen and oxygen atoms in total. The highest BCUT2D eigenvalue weighted by Crippen LogP contribution is 2.20. The summed E-state index contributed by atoms with van der Waals surface area (Å²) in [6, 6.07) is 15.3. The van der Waals surface area contributed by atoms with Crippen molar-refractivity contribution in [3.05, 3.63) is 70.9 Å². The number of hydrogen-bond donors (Lipinski definition) is 2. The zero-order valence-corrected chi connectivity index (χ0v) is 13.5. The summed E-state index contributed by atoms with van der Waals surface area (Å²) in [5.41, 5.74) is 4.68. The van der Waals surface area contributed by atoms with Crippen LogP contribution in [0.4, 0.5) is 11.4 Å². The first-order chi connectivity index (χ1) is 11.0. The van der Waals surface area contributed by atoms with E-state index in [1.807, 2.05) is 63.2 Å². The molecule has 1 amide bonds. The second-order valence-electron chi connectivity index (χ2n) is 5.35. The van der Waals surface area contributed by atoms with Crippen LogP contribution in [0, 0.1) is 32.1 Å². The Morgan fingerprint density at radius 3 is 2.22 bits per heavy atom. The minimum atomic E-state index is -0.430. The zero-order chi connectivity index (χ0) is 16.8. The number of nitriles is 1. The van der Waals surface area contributed by atoms with E-state index >= 15 is 0 Å². The van der Waals surface area contributed by atoms with Crippen LogP contribution in [0.15, 0.2) is 54.2 Å². The Morgan fingerprint density at radius 1 is 1.00 bits per heavy atom. The van der Waals surface area contributed by atoms with Gasteiger partial charge in [0.15, 0.2) is 0 Å². The van der Waals surface area contributed by atoms with Gasteiger partial charge in [0, 0.05) is 17.6 Å². The Morgan fingerprint density at radius 2 is 1.61 bits per heavy atom. The predicted octanol–water partition coefficient (Wildman–Crippen LogP) is 4.07. The van der Waals surface area contributed by atoms with E-state index in [0.29, 0.717) is 5.69 Å². The van der Waals surface area contributed by atoms with Crippen molar-refractivity contribution in [1.29, 1.82) is 5.26 Å². The minimum Gasteiger partial charge on any atom is -0.360 e. The van der Waals surface area contributed by atoms with Crippen molar-refractivity contribution in [2.24, 2.45) is 0 Å². The molecule has 0 aliphatic carbocycles. The molecule has 0 spiro atoms. The van der Waals surface area contributed by atoms with Crippen LogP contribution >= 0.6 is 0 Å². The topological polar surface area (TPSA) is 64.9 Å². The van der Waals surface area contributed by atoms with Crippen molar-refractivity contribution in [1.82, 2.24) is 0 Å². The average Bonchev–Trinajstić information content (AvgIpc) is 2.52. The van der Waals surface area contributed by atoms with Crippen molar-refractivity contribution in [2.45, 2.75) is 20.8 Å². The molecular weight excluding hydrogens is 286 g/mol. The Labute approximate surface area is 136 Å². The van der Waals surface area contributed by atoms with Gasteiger partial charge >= 0.3 is 0 Å². The number of para-hydroxylation sites is 2. The van der Waals surface area contributed by atoms with Crippen LogP contribution in [0.5, 0.6) is 0 Å². The Kier molecular flexibility index (Phi) is 5.16. The molecule has 0 heterocycles. The molecule has 2 rings (SSSR count). The lowest BCUT2D eigenvalue weighted by molar-refractivity contribution is -0.112. The molecule has 4 heteroatoms. The van der Waals surface area contributed by atoms with Crippen molar-refractivity contribution in [2.75, 3.05) is 10.6 Å². The van der Waals surface area contributed by atoms with Gasteiger partial charge in [-0.1, -0.05) is 36.4 Å². The largest absolute Gasteiger partial charge is 0.360 e.